The SMILES string of the molecule is O=C(NCC1CCCN(C(=O)CCCC2CCCCC2)C1)C1CCCN1. The molecule has 2 saturated heterocycles. The first-order valence-corrected chi connectivity index (χ1v) is 11.0. The molecule has 2 aliphatic heterocycles. The van der Waals surface area contributed by atoms with Gasteiger partial charge in [0.25, 0.3) is 0 Å². The van der Waals surface area contributed by atoms with E-state index in [9.17, 15) is 9.59 Å². The normalized spacial score (nSPS) is 27.5. The zero-order valence-corrected chi connectivity index (χ0v) is 16.3. The number of nitrogens with zero attached hydrogens (tertiary/aromatic N) is 1. The fraction of sp³-hybridized carbons (Fsp3) is 0.905. The molecule has 0 spiro atoms. The highest BCUT2D eigenvalue weighted by molar-refractivity contribution is 5.82. The van der Waals surface area contributed by atoms with Gasteiger partial charge in [-0.1, -0.05) is 32.1 Å². The van der Waals surface area contributed by atoms with Crippen LogP contribution in [0.25, 0.3) is 0 Å². The lowest BCUT2D eigenvalue weighted by atomic mass is 9.86. The van der Waals surface area contributed by atoms with Crippen LogP contribution in [0.2, 0.25) is 0 Å². The topological polar surface area (TPSA) is 61.4 Å². The van der Waals surface area contributed by atoms with Crippen LogP contribution in [-0.2, 0) is 9.59 Å². The van der Waals surface area contributed by atoms with E-state index in [2.05, 4.69) is 15.5 Å². The summed E-state index contributed by atoms with van der Waals surface area (Å²) < 4.78 is 0. The third-order valence-corrected chi connectivity index (χ3v) is 6.54. The molecule has 5 heteroatoms. The van der Waals surface area contributed by atoms with Crippen LogP contribution in [0.5, 0.6) is 0 Å². The Hall–Kier alpha value is -1.10. The van der Waals surface area contributed by atoms with Crippen molar-refractivity contribution in [2.45, 2.75) is 83.1 Å². The van der Waals surface area contributed by atoms with Crippen molar-refractivity contribution in [1.82, 2.24) is 15.5 Å². The Morgan fingerprint density at radius 1 is 0.962 bits per heavy atom. The number of carbonyl (C=O) groups excluding carboxylic acids is 2. The summed E-state index contributed by atoms with van der Waals surface area (Å²) in [4.78, 5) is 26.8. The average molecular weight is 364 g/mol. The zero-order valence-electron chi connectivity index (χ0n) is 16.3. The second kappa shape index (κ2) is 10.3. The molecule has 2 atom stereocenters. The third-order valence-electron chi connectivity index (χ3n) is 6.54. The highest BCUT2D eigenvalue weighted by Crippen LogP contribution is 2.28. The van der Waals surface area contributed by atoms with E-state index in [4.69, 9.17) is 0 Å². The van der Waals surface area contributed by atoms with Gasteiger partial charge in [0.15, 0.2) is 0 Å². The van der Waals surface area contributed by atoms with E-state index in [-0.39, 0.29) is 11.9 Å². The van der Waals surface area contributed by atoms with Crippen LogP contribution in [0.15, 0.2) is 0 Å². The molecule has 3 fully saturated rings. The number of hydrogen-bond acceptors (Lipinski definition) is 3. The van der Waals surface area contributed by atoms with Crippen molar-refractivity contribution < 1.29 is 9.59 Å². The van der Waals surface area contributed by atoms with Crippen molar-refractivity contribution in [3.8, 4) is 0 Å². The zero-order chi connectivity index (χ0) is 18.2. The standard InChI is InChI=1S/C21H37N3O2/c25-20(12-4-9-17-7-2-1-3-8-17)24-14-6-10-18(16-24)15-23-21(26)19-11-5-13-22-19/h17-19,22H,1-16H2,(H,23,26). The van der Waals surface area contributed by atoms with Gasteiger partial charge in [0.1, 0.15) is 0 Å². The van der Waals surface area contributed by atoms with Gasteiger partial charge in [-0.2, -0.15) is 0 Å². The van der Waals surface area contributed by atoms with Crippen molar-refractivity contribution >= 4 is 11.8 Å². The fourth-order valence-electron chi connectivity index (χ4n) is 4.91. The van der Waals surface area contributed by atoms with E-state index in [1.165, 1.54) is 38.5 Å². The lowest BCUT2D eigenvalue weighted by Gasteiger charge is -2.33. The highest BCUT2D eigenvalue weighted by atomic mass is 16.2. The fourth-order valence-corrected chi connectivity index (χ4v) is 4.91. The van der Waals surface area contributed by atoms with Crippen LogP contribution in [0.4, 0.5) is 0 Å². The molecule has 2 N–H and O–H groups in total. The summed E-state index contributed by atoms with van der Waals surface area (Å²) in [7, 11) is 0. The van der Waals surface area contributed by atoms with Gasteiger partial charge < -0.3 is 15.5 Å². The number of nitrogens with one attached hydrogen (secondary N) is 2. The van der Waals surface area contributed by atoms with E-state index >= 15 is 0 Å². The minimum absolute atomic E-state index is 0.00360. The molecule has 3 rings (SSSR count). The van der Waals surface area contributed by atoms with Gasteiger partial charge in [-0.05, 0) is 56.9 Å². The van der Waals surface area contributed by atoms with Crippen LogP contribution in [-0.4, -0.2) is 48.9 Å². The quantitative estimate of drug-likeness (QED) is 0.731. The molecule has 1 aliphatic carbocycles. The second-order valence-corrected chi connectivity index (χ2v) is 8.64. The molecule has 2 unspecified atom stereocenters. The minimum atomic E-state index is -0.00360. The van der Waals surface area contributed by atoms with Crippen LogP contribution >= 0.6 is 0 Å². The van der Waals surface area contributed by atoms with E-state index in [1.54, 1.807) is 0 Å². The smallest absolute Gasteiger partial charge is 0.237 e. The molecule has 3 aliphatic rings. The predicted octanol–water partition coefficient (Wildman–Crippen LogP) is 2.84. The molecule has 0 radical (unpaired) electrons. The molecule has 0 aromatic rings. The maximum absolute atomic E-state index is 12.6. The Balaban J connectivity index is 1.32. The Morgan fingerprint density at radius 2 is 1.77 bits per heavy atom. The Bertz CT molecular complexity index is 456. The van der Waals surface area contributed by atoms with Crippen molar-refractivity contribution in [1.29, 1.82) is 0 Å². The number of hydrogen-bond donors (Lipinski definition) is 2. The van der Waals surface area contributed by atoms with Crippen LogP contribution in [0.3, 0.4) is 0 Å². The predicted molar refractivity (Wildman–Crippen MR) is 104 cm³/mol. The Labute approximate surface area is 158 Å². The summed E-state index contributed by atoms with van der Waals surface area (Å²) in [6, 6.07) is -0.00360. The highest BCUT2D eigenvalue weighted by Gasteiger charge is 2.26. The molecule has 2 heterocycles. The number of rotatable bonds is 7. The molecule has 0 aromatic carbocycles. The maximum Gasteiger partial charge on any atom is 0.237 e. The molecule has 0 bridgehead atoms. The van der Waals surface area contributed by atoms with Gasteiger partial charge >= 0.3 is 0 Å². The third kappa shape index (κ3) is 5.97. The summed E-state index contributed by atoms with van der Waals surface area (Å²) in [5.41, 5.74) is 0. The number of likely N-dealkylation sites (tertiary alicyclic amines) is 1. The van der Waals surface area contributed by atoms with Crippen molar-refractivity contribution in [3.63, 3.8) is 0 Å². The van der Waals surface area contributed by atoms with Gasteiger partial charge in [0.05, 0.1) is 6.04 Å². The summed E-state index contributed by atoms with van der Waals surface area (Å²) in [5.74, 6) is 1.74. The molecular weight excluding hydrogens is 326 g/mol. The molecule has 148 valence electrons. The van der Waals surface area contributed by atoms with Crippen molar-refractivity contribution in [2.75, 3.05) is 26.2 Å². The van der Waals surface area contributed by atoms with Crippen LogP contribution in [0.1, 0.15) is 77.0 Å². The molecule has 26 heavy (non-hydrogen) atoms. The van der Waals surface area contributed by atoms with Crippen molar-refractivity contribution in [2.24, 2.45) is 11.8 Å². The largest absolute Gasteiger partial charge is 0.354 e. The summed E-state index contributed by atoms with van der Waals surface area (Å²) >= 11 is 0. The van der Waals surface area contributed by atoms with Crippen molar-refractivity contribution in [3.05, 3.63) is 0 Å². The monoisotopic (exact) mass is 363 g/mol. The average Bonchev–Trinajstić information content (AvgIpc) is 3.22. The lowest BCUT2D eigenvalue weighted by Crippen LogP contribution is -2.46. The minimum Gasteiger partial charge on any atom is -0.354 e. The van der Waals surface area contributed by atoms with Crippen LogP contribution < -0.4 is 10.6 Å². The summed E-state index contributed by atoms with van der Waals surface area (Å²) in [6.07, 6.45) is 14.1. The van der Waals surface area contributed by atoms with Gasteiger partial charge in [0.2, 0.25) is 11.8 Å². The maximum atomic E-state index is 12.6. The lowest BCUT2D eigenvalue weighted by molar-refractivity contribution is -0.133. The second-order valence-electron chi connectivity index (χ2n) is 8.64. The molecule has 2 amide bonds. The summed E-state index contributed by atoms with van der Waals surface area (Å²) in [5, 5.41) is 6.35. The van der Waals surface area contributed by atoms with Gasteiger partial charge in [0, 0.05) is 26.1 Å². The Kier molecular flexibility index (Phi) is 7.78. The first kappa shape index (κ1) is 19.7. The van der Waals surface area contributed by atoms with Gasteiger partial charge in [-0.25, -0.2) is 0 Å². The molecule has 0 aromatic heterocycles. The number of amides is 2. The molecule has 5 nitrogen and oxygen atoms in total. The number of carbonyl (C=O) groups is 2. The molecular formula is C21H37N3O2. The van der Waals surface area contributed by atoms with E-state index < -0.39 is 0 Å². The first-order chi connectivity index (χ1) is 12.7. The first-order valence-electron chi connectivity index (χ1n) is 11.0. The molecule has 1 saturated carbocycles. The van der Waals surface area contributed by atoms with E-state index in [0.717, 1.165) is 57.7 Å². The summed E-state index contributed by atoms with van der Waals surface area (Å²) in [6.45, 7) is 3.38. The van der Waals surface area contributed by atoms with Gasteiger partial charge in [-0.3, -0.25) is 9.59 Å². The van der Waals surface area contributed by atoms with Crippen LogP contribution in [0, 0.1) is 11.8 Å². The Morgan fingerprint density at radius 3 is 2.54 bits per heavy atom. The van der Waals surface area contributed by atoms with Gasteiger partial charge in [-0.15, -0.1) is 0 Å². The van der Waals surface area contributed by atoms with E-state index in [0.29, 0.717) is 24.8 Å². The number of piperidine rings is 1. The van der Waals surface area contributed by atoms with E-state index in [1.807, 2.05) is 0 Å².